The fraction of sp³-hybridized carbons (Fsp3) is 0.214. The predicted octanol–water partition coefficient (Wildman–Crippen LogP) is 2.86. The molecule has 0 aliphatic heterocycles. The Labute approximate surface area is 94.0 Å². The first-order valence-corrected chi connectivity index (χ1v) is 5.26. The molecule has 0 heterocycles. The van der Waals surface area contributed by atoms with Crippen LogP contribution >= 0.6 is 0 Å². The number of carbonyl (C=O) groups excluding carboxylic acids is 1. The van der Waals surface area contributed by atoms with Gasteiger partial charge < -0.3 is 0 Å². The Morgan fingerprint density at radius 1 is 1.12 bits per heavy atom. The Kier molecular flexibility index (Phi) is 3.16. The molecule has 0 amide bonds. The average molecular weight is 214 g/mol. The van der Waals surface area contributed by atoms with Crippen LogP contribution in [0.25, 0.3) is 0 Å². The highest BCUT2D eigenvalue weighted by atomic mass is 19.1. The van der Waals surface area contributed by atoms with E-state index >= 15 is 0 Å². The van der Waals surface area contributed by atoms with Crippen LogP contribution in [-0.2, 0) is 4.79 Å². The van der Waals surface area contributed by atoms with Gasteiger partial charge in [-0.1, -0.05) is 17.9 Å². The number of benzene rings is 1. The first-order chi connectivity index (χ1) is 7.75. The lowest BCUT2D eigenvalue weighted by atomic mass is 9.98. The summed E-state index contributed by atoms with van der Waals surface area (Å²) in [4.78, 5) is 11.4. The Morgan fingerprint density at radius 3 is 2.56 bits per heavy atom. The van der Waals surface area contributed by atoms with Crippen LogP contribution in [0.3, 0.4) is 0 Å². The number of hydrogen-bond donors (Lipinski definition) is 0. The molecule has 0 radical (unpaired) electrons. The molecule has 2 heteroatoms. The SMILES string of the molecule is O=C1CCCC=C1C#Cc1ccc(F)cc1. The van der Waals surface area contributed by atoms with Crippen LogP contribution in [-0.4, -0.2) is 5.78 Å². The van der Waals surface area contributed by atoms with Gasteiger partial charge in [0, 0.05) is 12.0 Å². The molecular weight excluding hydrogens is 203 g/mol. The number of hydrogen-bond acceptors (Lipinski definition) is 1. The van der Waals surface area contributed by atoms with Crippen molar-refractivity contribution in [2.45, 2.75) is 19.3 Å². The van der Waals surface area contributed by atoms with E-state index in [0.29, 0.717) is 12.0 Å². The summed E-state index contributed by atoms with van der Waals surface area (Å²) in [6, 6.07) is 5.94. The maximum atomic E-state index is 12.6. The van der Waals surface area contributed by atoms with Crippen molar-refractivity contribution in [3.8, 4) is 11.8 Å². The second-order valence-corrected chi connectivity index (χ2v) is 3.69. The molecule has 1 aliphatic carbocycles. The summed E-state index contributed by atoms with van der Waals surface area (Å²) in [6.07, 6.45) is 4.30. The molecule has 0 aromatic heterocycles. The maximum absolute atomic E-state index is 12.6. The van der Waals surface area contributed by atoms with Crippen molar-refractivity contribution in [1.82, 2.24) is 0 Å². The third-order valence-corrected chi connectivity index (χ3v) is 2.44. The van der Waals surface area contributed by atoms with Gasteiger partial charge in [-0.05, 0) is 37.1 Å². The highest BCUT2D eigenvalue weighted by Crippen LogP contribution is 2.13. The first kappa shape index (κ1) is 10.6. The fourth-order valence-electron chi connectivity index (χ4n) is 1.55. The quantitative estimate of drug-likeness (QED) is 0.607. The molecule has 0 bridgehead atoms. The van der Waals surface area contributed by atoms with Crippen molar-refractivity contribution in [2.75, 3.05) is 0 Å². The standard InChI is InChI=1S/C14H11FO/c15-13-9-6-11(7-10-13)5-8-12-3-1-2-4-14(12)16/h3,6-7,9-10H,1-2,4H2. The molecule has 1 aromatic carbocycles. The fourth-order valence-corrected chi connectivity index (χ4v) is 1.55. The lowest BCUT2D eigenvalue weighted by Crippen LogP contribution is -2.04. The summed E-state index contributed by atoms with van der Waals surface area (Å²) in [6.45, 7) is 0. The van der Waals surface area contributed by atoms with Crippen molar-refractivity contribution in [3.63, 3.8) is 0 Å². The number of ketones is 1. The highest BCUT2D eigenvalue weighted by Gasteiger charge is 2.10. The second-order valence-electron chi connectivity index (χ2n) is 3.69. The second kappa shape index (κ2) is 4.76. The van der Waals surface area contributed by atoms with E-state index in [4.69, 9.17) is 0 Å². The Morgan fingerprint density at radius 2 is 1.88 bits per heavy atom. The van der Waals surface area contributed by atoms with E-state index < -0.39 is 0 Å². The lowest BCUT2D eigenvalue weighted by molar-refractivity contribution is -0.115. The molecule has 0 spiro atoms. The molecule has 0 unspecified atom stereocenters. The highest BCUT2D eigenvalue weighted by molar-refractivity contribution is 6.00. The summed E-state index contributed by atoms with van der Waals surface area (Å²) in [7, 11) is 0. The van der Waals surface area contributed by atoms with E-state index in [2.05, 4.69) is 11.8 Å². The van der Waals surface area contributed by atoms with Crippen molar-refractivity contribution in [1.29, 1.82) is 0 Å². The normalized spacial score (nSPS) is 15.1. The molecule has 1 aliphatic rings. The van der Waals surface area contributed by atoms with E-state index in [9.17, 15) is 9.18 Å². The lowest BCUT2D eigenvalue weighted by Gasteiger charge is -2.04. The molecule has 2 rings (SSSR count). The number of Topliss-reactive ketones (excluding diaryl/α,β-unsaturated/α-hetero) is 1. The van der Waals surface area contributed by atoms with Crippen LogP contribution < -0.4 is 0 Å². The van der Waals surface area contributed by atoms with Crippen LogP contribution in [0.1, 0.15) is 24.8 Å². The number of rotatable bonds is 0. The maximum Gasteiger partial charge on any atom is 0.170 e. The van der Waals surface area contributed by atoms with Gasteiger partial charge in [-0.25, -0.2) is 4.39 Å². The topological polar surface area (TPSA) is 17.1 Å². The minimum absolute atomic E-state index is 0.112. The van der Waals surface area contributed by atoms with Gasteiger partial charge in [0.1, 0.15) is 5.82 Å². The van der Waals surface area contributed by atoms with Gasteiger partial charge >= 0.3 is 0 Å². The van der Waals surface area contributed by atoms with Crippen molar-refractivity contribution >= 4 is 5.78 Å². The molecule has 16 heavy (non-hydrogen) atoms. The molecule has 0 fully saturated rings. The van der Waals surface area contributed by atoms with Crippen LogP contribution in [0.2, 0.25) is 0 Å². The Balaban J connectivity index is 2.18. The Bertz CT molecular complexity index is 486. The van der Waals surface area contributed by atoms with E-state index in [-0.39, 0.29) is 11.6 Å². The molecular formula is C14H11FO. The van der Waals surface area contributed by atoms with Gasteiger partial charge in [-0.3, -0.25) is 4.79 Å². The van der Waals surface area contributed by atoms with Crippen LogP contribution in [0.4, 0.5) is 4.39 Å². The minimum atomic E-state index is -0.279. The van der Waals surface area contributed by atoms with Crippen molar-refractivity contribution in [2.24, 2.45) is 0 Å². The predicted molar refractivity (Wildman–Crippen MR) is 60.2 cm³/mol. The molecule has 1 aromatic rings. The third kappa shape index (κ3) is 2.58. The van der Waals surface area contributed by atoms with Gasteiger partial charge in [-0.2, -0.15) is 0 Å². The number of allylic oxidation sites excluding steroid dienone is 2. The smallest absolute Gasteiger partial charge is 0.170 e. The summed E-state index contributed by atoms with van der Waals surface area (Å²) >= 11 is 0. The van der Waals surface area contributed by atoms with E-state index in [1.807, 2.05) is 6.08 Å². The van der Waals surface area contributed by atoms with Gasteiger partial charge in [-0.15, -0.1) is 0 Å². The zero-order valence-corrected chi connectivity index (χ0v) is 8.79. The Hall–Kier alpha value is -1.88. The summed E-state index contributed by atoms with van der Waals surface area (Å²) in [5.41, 5.74) is 1.32. The number of carbonyl (C=O) groups is 1. The molecule has 0 saturated heterocycles. The molecule has 1 nitrogen and oxygen atoms in total. The zero-order chi connectivity index (χ0) is 11.4. The third-order valence-electron chi connectivity index (χ3n) is 2.44. The van der Waals surface area contributed by atoms with Crippen LogP contribution in [0.5, 0.6) is 0 Å². The molecule has 80 valence electrons. The van der Waals surface area contributed by atoms with E-state index in [0.717, 1.165) is 18.4 Å². The van der Waals surface area contributed by atoms with Gasteiger partial charge in [0.15, 0.2) is 5.78 Å². The molecule has 0 saturated carbocycles. The molecule has 0 atom stereocenters. The number of halogens is 1. The van der Waals surface area contributed by atoms with Crippen LogP contribution in [0, 0.1) is 17.7 Å². The van der Waals surface area contributed by atoms with E-state index in [1.165, 1.54) is 12.1 Å². The average Bonchev–Trinajstić information content (AvgIpc) is 2.30. The largest absolute Gasteiger partial charge is 0.293 e. The summed E-state index contributed by atoms with van der Waals surface area (Å²) in [5.74, 6) is 5.55. The summed E-state index contributed by atoms with van der Waals surface area (Å²) in [5, 5.41) is 0. The van der Waals surface area contributed by atoms with Gasteiger partial charge in [0.05, 0.1) is 5.57 Å². The first-order valence-electron chi connectivity index (χ1n) is 5.26. The molecule has 0 N–H and O–H groups in total. The van der Waals surface area contributed by atoms with E-state index in [1.54, 1.807) is 12.1 Å². The van der Waals surface area contributed by atoms with Crippen molar-refractivity contribution < 1.29 is 9.18 Å². The zero-order valence-electron chi connectivity index (χ0n) is 8.79. The summed E-state index contributed by atoms with van der Waals surface area (Å²) < 4.78 is 12.6. The van der Waals surface area contributed by atoms with Crippen molar-refractivity contribution in [3.05, 3.63) is 47.3 Å². The van der Waals surface area contributed by atoms with Gasteiger partial charge in [0.2, 0.25) is 0 Å². The minimum Gasteiger partial charge on any atom is -0.293 e. The van der Waals surface area contributed by atoms with Crippen LogP contribution in [0.15, 0.2) is 35.9 Å². The monoisotopic (exact) mass is 214 g/mol. The van der Waals surface area contributed by atoms with Gasteiger partial charge in [0.25, 0.3) is 0 Å².